The molecule has 0 fully saturated rings. The molecule has 3 heteroatoms. The Bertz CT molecular complexity index is 517. The van der Waals surface area contributed by atoms with Crippen LogP contribution in [0.2, 0.25) is 0 Å². The van der Waals surface area contributed by atoms with E-state index in [4.69, 9.17) is 0 Å². The van der Waals surface area contributed by atoms with Crippen LogP contribution in [-0.4, -0.2) is 23.9 Å². The van der Waals surface area contributed by atoms with Crippen molar-refractivity contribution in [2.45, 2.75) is 13.0 Å². The van der Waals surface area contributed by atoms with Crippen LogP contribution in [0.15, 0.2) is 36.5 Å². The van der Waals surface area contributed by atoms with Gasteiger partial charge in [-0.1, -0.05) is 18.2 Å². The molecular formula is C13H14N2O. The molecule has 1 N–H and O–H groups in total. The lowest BCUT2D eigenvalue weighted by molar-refractivity contribution is 0.0956. The number of hydrogen-bond donors (Lipinski definition) is 1. The van der Waals surface area contributed by atoms with Crippen molar-refractivity contribution in [3.05, 3.63) is 42.1 Å². The molecule has 1 heterocycles. The predicted molar refractivity (Wildman–Crippen MR) is 64.6 cm³/mol. The van der Waals surface area contributed by atoms with E-state index in [2.05, 4.69) is 10.3 Å². The largest absolute Gasteiger partial charge is 0.310 e. The number of hydrogen-bond acceptors (Lipinski definition) is 3. The third kappa shape index (κ3) is 1.82. The van der Waals surface area contributed by atoms with Gasteiger partial charge in [-0.25, -0.2) is 0 Å². The van der Waals surface area contributed by atoms with Crippen LogP contribution in [0.5, 0.6) is 0 Å². The summed E-state index contributed by atoms with van der Waals surface area (Å²) >= 11 is 0. The van der Waals surface area contributed by atoms with E-state index in [1.807, 2.05) is 37.3 Å². The molecule has 0 radical (unpaired) electrons. The predicted octanol–water partition coefficient (Wildman–Crippen LogP) is 2.03. The van der Waals surface area contributed by atoms with Crippen LogP contribution in [0.3, 0.4) is 0 Å². The molecule has 0 aliphatic heterocycles. The van der Waals surface area contributed by atoms with Crippen molar-refractivity contribution in [3.63, 3.8) is 0 Å². The zero-order valence-corrected chi connectivity index (χ0v) is 9.40. The molecule has 2 aromatic rings. The van der Waals surface area contributed by atoms with Crippen molar-refractivity contribution in [2.24, 2.45) is 0 Å². The number of aromatic nitrogens is 1. The molecule has 0 bridgehead atoms. The number of fused-ring (bicyclic) bond motifs is 1. The number of nitrogens with one attached hydrogen (secondary N) is 1. The number of Topliss-reactive ketones (excluding diaryl/α,β-unsaturated/α-hetero) is 1. The fourth-order valence-corrected chi connectivity index (χ4v) is 1.68. The highest BCUT2D eigenvalue weighted by atomic mass is 16.1. The van der Waals surface area contributed by atoms with Gasteiger partial charge < -0.3 is 5.32 Å². The Morgan fingerprint density at radius 2 is 2.12 bits per heavy atom. The van der Waals surface area contributed by atoms with Gasteiger partial charge in [-0.15, -0.1) is 0 Å². The zero-order chi connectivity index (χ0) is 11.5. The lowest BCUT2D eigenvalue weighted by atomic mass is 10.0. The molecule has 1 unspecified atom stereocenters. The lowest BCUT2D eigenvalue weighted by Gasteiger charge is -2.10. The molecule has 0 spiro atoms. The Labute approximate surface area is 94.5 Å². The molecule has 1 aromatic carbocycles. The standard InChI is InChI=1S/C13H14N2O/c1-9(14-2)13(16)11-5-3-7-12-10(11)6-4-8-15-12/h3-9,14H,1-2H3. The molecule has 1 atom stereocenters. The Morgan fingerprint density at radius 1 is 1.31 bits per heavy atom. The van der Waals surface area contributed by atoms with Gasteiger partial charge in [0.25, 0.3) is 0 Å². The summed E-state index contributed by atoms with van der Waals surface area (Å²) in [5.41, 5.74) is 1.59. The Morgan fingerprint density at radius 3 is 2.88 bits per heavy atom. The summed E-state index contributed by atoms with van der Waals surface area (Å²) in [7, 11) is 1.78. The second-order valence-electron chi connectivity index (χ2n) is 3.75. The maximum absolute atomic E-state index is 12.1. The number of benzene rings is 1. The molecule has 0 saturated carbocycles. The summed E-state index contributed by atoms with van der Waals surface area (Å²) in [5.74, 6) is 0.0982. The summed E-state index contributed by atoms with van der Waals surface area (Å²) in [6.45, 7) is 1.86. The van der Waals surface area contributed by atoms with Gasteiger partial charge in [-0.3, -0.25) is 9.78 Å². The van der Waals surface area contributed by atoms with E-state index in [0.717, 1.165) is 16.5 Å². The first-order valence-corrected chi connectivity index (χ1v) is 5.29. The lowest BCUT2D eigenvalue weighted by Crippen LogP contribution is -2.30. The van der Waals surface area contributed by atoms with E-state index < -0.39 is 0 Å². The Balaban J connectivity index is 2.56. The molecule has 0 aliphatic rings. The second-order valence-corrected chi connectivity index (χ2v) is 3.75. The number of nitrogens with zero attached hydrogens (tertiary/aromatic N) is 1. The van der Waals surface area contributed by atoms with Crippen LogP contribution in [0.25, 0.3) is 10.9 Å². The molecule has 1 aromatic heterocycles. The van der Waals surface area contributed by atoms with Crippen molar-refractivity contribution in [2.75, 3.05) is 7.05 Å². The van der Waals surface area contributed by atoms with E-state index in [0.29, 0.717) is 0 Å². The van der Waals surface area contributed by atoms with Crippen molar-refractivity contribution < 1.29 is 4.79 Å². The van der Waals surface area contributed by atoms with Crippen molar-refractivity contribution in [1.82, 2.24) is 10.3 Å². The highest BCUT2D eigenvalue weighted by Crippen LogP contribution is 2.17. The smallest absolute Gasteiger partial charge is 0.180 e. The Hall–Kier alpha value is -1.74. The van der Waals surface area contributed by atoms with Gasteiger partial charge in [0, 0.05) is 17.1 Å². The van der Waals surface area contributed by atoms with Crippen LogP contribution >= 0.6 is 0 Å². The molecule has 2 rings (SSSR count). The Kier molecular flexibility index (Phi) is 2.97. The maximum atomic E-state index is 12.1. The molecule has 0 amide bonds. The van der Waals surface area contributed by atoms with Crippen molar-refractivity contribution in [1.29, 1.82) is 0 Å². The first kappa shape index (κ1) is 10.8. The van der Waals surface area contributed by atoms with E-state index in [1.165, 1.54) is 0 Å². The molecule has 0 saturated heterocycles. The van der Waals surface area contributed by atoms with Crippen molar-refractivity contribution >= 4 is 16.7 Å². The highest BCUT2D eigenvalue weighted by Gasteiger charge is 2.15. The quantitative estimate of drug-likeness (QED) is 0.795. The minimum absolute atomic E-state index is 0.0982. The number of rotatable bonds is 3. The highest BCUT2D eigenvalue weighted by molar-refractivity contribution is 6.09. The minimum atomic E-state index is -0.175. The summed E-state index contributed by atoms with van der Waals surface area (Å²) in [6, 6.07) is 9.23. The van der Waals surface area contributed by atoms with E-state index >= 15 is 0 Å². The van der Waals surface area contributed by atoms with Gasteiger partial charge >= 0.3 is 0 Å². The topological polar surface area (TPSA) is 42.0 Å². The number of likely N-dealkylation sites (N-methyl/N-ethyl adjacent to an activating group) is 1. The first-order valence-electron chi connectivity index (χ1n) is 5.29. The third-order valence-electron chi connectivity index (χ3n) is 2.74. The average Bonchev–Trinajstić information content (AvgIpc) is 2.36. The molecule has 16 heavy (non-hydrogen) atoms. The normalized spacial score (nSPS) is 12.6. The summed E-state index contributed by atoms with van der Waals surface area (Å²) < 4.78 is 0. The van der Waals surface area contributed by atoms with Gasteiger partial charge in [0.1, 0.15) is 0 Å². The van der Waals surface area contributed by atoms with Gasteiger partial charge in [0.05, 0.1) is 11.6 Å². The fraction of sp³-hybridized carbons (Fsp3) is 0.231. The molecular weight excluding hydrogens is 200 g/mol. The van der Waals surface area contributed by atoms with Crippen LogP contribution in [0, 0.1) is 0 Å². The minimum Gasteiger partial charge on any atom is -0.310 e. The molecule has 0 aliphatic carbocycles. The van der Waals surface area contributed by atoms with E-state index in [-0.39, 0.29) is 11.8 Å². The molecule has 3 nitrogen and oxygen atoms in total. The van der Waals surface area contributed by atoms with Crippen LogP contribution in [0.1, 0.15) is 17.3 Å². The summed E-state index contributed by atoms with van der Waals surface area (Å²) in [5, 5.41) is 3.87. The van der Waals surface area contributed by atoms with Gasteiger partial charge in [0.2, 0.25) is 0 Å². The van der Waals surface area contributed by atoms with E-state index in [1.54, 1.807) is 13.2 Å². The number of carbonyl (C=O) groups is 1. The van der Waals surface area contributed by atoms with Gasteiger partial charge in [-0.05, 0) is 26.1 Å². The van der Waals surface area contributed by atoms with Crippen LogP contribution < -0.4 is 5.32 Å². The summed E-state index contributed by atoms with van der Waals surface area (Å²) in [4.78, 5) is 16.3. The number of pyridine rings is 1. The van der Waals surface area contributed by atoms with Gasteiger partial charge in [-0.2, -0.15) is 0 Å². The van der Waals surface area contributed by atoms with E-state index in [9.17, 15) is 4.79 Å². The number of ketones is 1. The van der Waals surface area contributed by atoms with Crippen molar-refractivity contribution in [3.8, 4) is 0 Å². The average molecular weight is 214 g/mol. The monoisotopic (exact) mass is 214 g/mol. The summed E-state index contributed by atoms with van der Waals surface area (Å²) in [6.07, 6.45) is 1.73. The second kappa shape index (κ2) is 4.41. The fourth-order valence-electron chi connectivity index (χ4n) is 1.68. The van der Waals surface area contributed by atoms with Crippen LogP contribution in [-0.2, 0) is 0 Å². The third-order valence-corrected chi connectivity index (χ3v) is 2.74. The maximum Gasteiger partial charge on any atom is 0.180 e. The van der Waals surface area contributed by atoms with Gasteiger partial charge in [0.15, 0.2) is 5.78 Å². The zero-order valence-electron chi connectivity index (χ0n) is 9.40. The SMILES string of the molecule is CNC(C)C(=O)c1cccc2ncccc12. The van der Waals surface area contributed by atoms with Crippen LogP contribution in [0.4, 0.5) is 0 Å². The molecule has 82 valence electrons. The number of carbonyl (C=O) groups excluding carboxylic acids is 1. The first-order chi connectivity index (χ1) is 7.74.